The molecule has 0 saturated carbocycles. The number of aromatic nitrogens is 2. The van der Waals surface area contributed by atoms with E-state index in [1.807, 2.05) is 23.5 Å². The molecule has 1 fully saturated rings. The molecule has 0 aliphatic carbocycles. The fourth-order valence-electron chi connectivity index (χ4n) is 1.15. The molecule has 0 bridgehead atoms. The quantitative estimate of drug-likeness (QED) is 0.772. The van der Waals surface area contributed by atoms with Gasteiger partial charge in [0.05, 0.1) is 0 Å². The molecule has 0 spiro atoms. The van der Waals surface area contributed by atoms with Gasteiger partial charge in [0, 0.05) is 12.3 Å². The lowest BCUT2D eigenvalue weighted by atomic mass is 10.6. The number of nitrogens with zero attached hydrogens (tertiary/aromatic N) is 1. The van der Waals surface area contributed by atoms with Gasteiger partial charge in [0.25, 0.3) is 5.56 Å². The van der Waals surface area contributed by atoms with Gasteiger partial charge in [-0.3, -0.25) is 4.79 Å². The minimum Gasteiger partial charge on any atom is -0.309 e. The molecule has 5 heteroatoms. The van der Waals surface area contributed by atoms with Gasteiger partial charge in [-0.15, -0.1) is 23.5 Å². The van der Waals surface area contributed by atoms with Crippen LogP contribution in [0.15, 0.2) is 17.1 Å². The van der Waals surface area contributed by atoms with Crippen LogP contribution >= 0.6 is 23.5 Å². The van der Waals surface area contributed by atoms with Gasteiger partial charge in [-0.2, -0.15) is 0 Å². The number of hydrogen-bond acceptors (Lipinski definition) is 4. The predicted octanol–water partition coefficient (Wildman–Crippen LogP) is 1.64. The summed E-state index contributed by atoms with van der Waals surface area (Å²) in [7, 11) is 0. The highest BCUT2D eigenvalue weighted by Gasteiger charge is 2.18. The largest absolute Gasteiger partial charge is 0.309 e. The lowest BCUT2D eigenvalue weighted by Crippen LogP contribution is -2.12. The maximum Gasteiger partial charge on any atom is 0.250 e. The molecule has 1 aromatic rings. The first kappa shape index (κ1) is 9.15. The number of nitrogens with one attached hydrogen (secondary N) is 1. The summed E-state index contributed by atoms with van der Waals surface area (Å²) in [6, 6.07) is 1.45. The van der Waals surface area contributed by atoms with E-state index in [-0.39, 0.29) is 5.56 Å². The number of aromatic amines is 1. The lowest BCUT2D eigenvalue weighted by molar-refractivity contribution is 0.977. The highest BCUT2D eigenvalue weighted by atomic mass is 32.2. The molecular formula is C8H10N2OS2. The summed E-state index contributed by atoms with van der Waals surface area (Å²) in [5, 5.41) is 0. The Labute approximate surface area is 84.7 Å². The Balaban J connectivity index is 2.19. The van der Waals surface area contributed by atoms with E-state index in [9.17, 15) is 4.79 Å². The lowest BCUT2D eigenvalue weighted by Gasteiger charge is -2.19. The second kappa shape index (κ2) is 4.19. The van der Waals surface area contributed by atoms with Gasteiger partial charge in [-0.05, 0) is 17.9 Å². The number of thioether (sulfide) groups is 2. The summed E-state index contributed by atoms with van der Waals surface area (Å²) in [5.74, 6) is 3.13. The second-order valence-corrected chi connectivity index (χ2v) is 5.47. The zero-order valence-corrected chi connectivity index (χ0v) is 8.66. The smallest absolute Gasteiger partial charge is 0.250 e. The SMILES string of the molecule is O=c1ccnc(C2SCCCS2)[nH]1. The Bertz CT molecular complexity index is 333. The van der Waals surface area contributed by atoms with Crippen LogP contribution in [0.5, 0.6) is 0 Å². The minimum atomic E-state index is -0.0585. The average Bonchev–Trinajstić information content (AvgIpc) is 2.19. The summed E-state index contributed by atoms with van der Waals surface area (Å²) in [6.07, 6.45) is 2.83. The van der Waals surface area contributed by atoms with E-state index < -0.39 is 0 Å². The van der Waals surface area contributed by atoms with Crippen LogP contribution in [0.2, 0.25) is 0 Å². The van der Waals surface area contributed by atoms with E-state index in [4.69, 9.17) is 0 Å². The van der Waals surface area contributed by atoms with Gasteiger partial charge in [0.15, 0.2) is 0 Å². The zero-order valence-electron chi connectivity index (χ0n) is 7.03. The summed E-state index contributed by atoms with van der Waals surface area (Å²) in [4.78, 5) is 18.0. The molecule has 0 unspecified atom stereocenters. The van der Waals surface area contributed by atoms with Crippen LogP contribution in [0.3, 0.4) is 0 Å². The molecule has 2 heterocycles. The summed E-state index contributed by atoms with van der Waals surface area (Å²) in [6.45, 7) is 0. The van der Waals surface area contributed by atoms with Gasteiger partial charge >= 0.3 is 0 Å². The molecule has 13 heavy (non-hydrogen) atoms. The summed E-state index contributed by atoms with van der Waals surface area (Å²) < 4.78 is 0.322. The summed E-state index contributed by atoms with van der Waals surface area (Å²) >= 11 is 3.71. The van der Waals surface area contributed by atoms with Crippen LogP contribution < -0.4 is 5.56 Å². The maximum atomic E-state index is 11.0. The molecule has 70 valence electrons. The van der Waals surface area contributed by atoms with Crippen molar-refractivity contribution in [3.8, 4) is 0 Å². The van der Waals surface area contributed by atoms with Gasteiger partial charge in [-0.1, -0.05) is 0 Å². The van der Waals surface area contributed by atoms with Gasteiger partial charge < -0.3 is 4.98 Å². The van der Waals surface area contributed by atoms with Crippen LogP contribution in [0.4, 0.5) is 0 Å². The first-order valence-corrected chi connectivity index (χ1v) is 6.24. The van der Waals surface area contributed by atoms with Crippen LogP contribution in [-0.2, 0) is 0 Å². The van der Waals surface area contributed by atoms with E-state index in [1.54, 1.807) is 6.20 Å². The van der Waals surface area contributed by atoms with Crippen molar-refractivity contribution < 1.29 is 0 Å². The van der Waals surface area contributed by atoms with E-state index in [1.165, 1.54) is 12.5 Å². The highest BCUT2D eigenvalue weighted by molar-refractivity contribution is 8.16. The molecule has 0 amide bonds. The topological polar surface area (TPSA) is 45.8 Å². The molecular weight excluding hydrogens is 204 g/mol. The average molecular weight is 214 g/mol. The number of H-pyrrole nitrogens is 1. The van der Waals surface area contributed by atoms with Crippen molar-refractivity contribution in [1.82, 2.24) is 9.97 Å². The van der Waals surface area contributed by atoms with Crippen LogP contribution in [0, 0.1) is 0 Å². The minimum absolute atomic E-state index is 0.0585. The third-order valence-corrected chi connectivity index (χ3v) is 4.66. The highest BCUT2D eigenvalue weighted by Crippen LogP contribution is 2.41. The fourth-order valence-corrected chi connectivity index (χ4v) is 3.90. The molecule has 1 aromatic heterocycles. The van der Waals surface area contributed by atoms with Crippen molar-refractivity contribution in [3.63, 3.8) is 0 Å². The standard InChI is InChI=1S/C8H10N2OS2/c11-6-2-3-9-7(10-6)8-12-4-1-5-13-8/h2-3,8H,1,4-5H2,(H,9,10,11). The third-order valence-electron chi connectivity index (χ3n) is 1.74. The van der Waals surface area contributed by atoms with E-state index >= 15 is 0 Å². The van der Waals surface area contributed by atoms with E-state index in [0.717, 1.165) is 17.3 Å². The number of rotatable bonds is 1. The first-order chi connectivity index (χ1) is 6.36. The monoisotopic (exact) mass is 214 g/mol. The molecule has 0 atom stereocenters. The molecule has 2 rings (SSSR count). The van der Waals surface area contributed by atoms with Crippen molar-refractivity contribution in [1.29, 1.82) is 0 Å². The normalized spacial score (nSPS) is 18.8. The Morgan fingerprint density at radius 3 is 2.92 bits per heavy atom. The first-order valence-electron chi connectivity index (χ1n) is 4.15. The third kappa shape index (κ3) is 2.28. The van der Waals surface area contributed by atoms with Crippen molar-refractivity contribution in [2.45, 2.75) is 11.0 Å². The molecule has 1 saturated heterocycles. The van der Waals surface area contributed by atoms with Crippen molar-refractivity contribution in [2.24, 2.45) is 0 Å². The molecule has 1 aliphatic rings. The Morgan fingerprint density at radius 1 is 1.46 bits per heavy atom. The molecule has 3 nitrogen and oxygen atoms in total. The second-order valence-electron chi connectivity index (χ2n) is 2.75. The molecule has 0 radical (unpaired) electrons. The van der Waals surface area contributed by atoms with E-state index in [0.29, 0.717) is 4.58 Å². The summed E-state index contributed by atoms with van der Waals surface area (Å²) in [5.41, 5.74) is -0.0585. The predicted molar refractivity (Wildman–Crippen MR) is 57.1 cm³/mol. The molecule has 1 N–H and O–H groups in total. The number of hydrogen-bond donors (Lipinski definition) is 1. The Hall–Kier alpha value is -0.420. The fraction of sp³-hybridized carbons (Fsp3) is 0.500. The van der Waals surface area contributed by atoms with Gasteiger partial charge in [0.1, 0.15) is 10.4 Å². The van der Waals surface area contributed by atoms with Crippen molar-refractivity contribution in [2.75, 3.05) is 11.5 Å². The van der Waals surface area contributed by atoms with Crippen LogP contribution in [0.1, 0.15) is 16.8 Å². The Kier molecular flexibility index (Phi) is 2.95. The van der Waals surface area contributed by atoms with Crippen molar-refractivity contribution >= 4 is 23.5 Å². The van der Waals surface area contributed by atoms with Gasteiger partial charge in [-0.25, -0.2) is 4.98 Å². The zero-order chi connectivity index (χ0) is 9.10. The van der Waals surface area contributed by atoms with Gasteiger partial charge in [0.2, 0.25) is 0 Å². The van der Waals surface area contributed by atoms with Crippen LogP contribution in [0.25, 0.3) is 0 Å². The van der Waals surface area contributed by atoms with Crippen LogP contribution in [-0.4, -0.2) is 21.5 Å². The molecule has 0 aromatic carbocycles. The van der Waals surface area contributed by atoms with E-state index in [2.05, 4.69) is 9.97 Å². The maximum absolute atomic E-state index is 11.0. The molecule has 1 aliphatic heterocycles. The Morgan fingerprint density at radius 2 is 2.23 bits per heavy atom. The van der Waals surface area contributed by atoms with Crippen molar-refractivity contribution in [3.05, 3.63) is 28.4 Å².